The molecule has 1 aliphatic rings. The van der Waals surface area contributed by atoms with Crippen molar-refractivity contribution in [3.05, 3.63) is 52.0 Å². The number of hydrogen-bond donors (Lipinski definition) is 1. The van der Waals surface area contributed by atoms with E-state index in [1.807, 2.05) is 47.6 Å². The average Bonchev–Trinajstić information content (AvgIpc) is 3.34. The van der Waals surface area contributed by atoms with E-state index in [1.165, 1.54) is 6.42 Å². The van der Waals surface area contributed by atoms with Crippen LogP contribution in [0.2, 0.25) is 0 Å². The number of methoxy groups -OCH3 is 1. The van der Waals surface area contributed by atoms with Gasteiger partial charge in [0, 0.05) is 34.9 Å². The Morgan fingerprint density at radius 1 is 1.19 bits per heavy atom. The number of hydrogen-bond acceptors (Lipinski definition) is 4. The molecule has 0 aliphatic heterocycles. The molecule has 1 aliphatic carbocycles. The number of nitrogens with one attached hydrogen (secondary N) is 1. The van der Waals surface area contributed by atoms with Crippen molar-refractivity contribution in [1.29, 1.82) is 0 Å². The summed E-state index contributed by atoms with van der Waals surface area (Å²) in [5, 5.41) is 0.997. The number of nitrogens with zero attached hydrogens (tertiary/aromatic N) is 4. The maximum Gasteiger partial charge on any atom is 0.329 e. The minimum atomic E-state index is 0.0185. The highest BCUT2D eigenvalue weighted by Gasteiger charge is 2.29. The monoisotopic (exact) mass is 419 g/mol. The van der Waals surface area contributed by atoms with Gasteiger partial charge in [-0.05, 0) is 38.7 Å². The molecule has 2 atom stereocenters. The van der Waals surface area contributed by atoms with Crippen LogP contribution >= 0.6 is 0 Å². The predicted molar refractivity (Wildman–Crippen MR) is 122 cm³/mol. The summed E-state index contributed by atoms with van der Waals surface area (Å²) >= 11 is 0. The van der Waals surface area contributed by atoms with E-state index in [4.69, 9.17) is 4.74 Å². The second kappa shape index (κ2) is 7.55. The third kappa shape index (κ3) is 3.06. The van der Waals surface area contributed by atoms with Crippen molar-refractivity contribution >= 4 is 22.1 Å². The average molecular weight is 420 g/mol. The van der Waals surface area contributed by atoms with Gasteiger partial charge in [-0.2, -0.15) is 0 Å². The van der Waals surface area contributed by atoms with Crippen LogP contribution in [0.1, 0.15) is 55.5 Å². The van der Waals surface area contributed by atoms with Crippen molar-refractivity contribution < 1.29 is 4.74 Å². The molecule has 162 valence electrons. The number of fused-ring (bicyclic) bond motifs is 3. The van der Waals surface area contributed by atoms with E-state index in [0.29, 0.717) is 12.5 Å². The lowest BCUT2D eigenvalue weighted by molar-refractivity contribution is 0.256. The Balaban J connectivity index is 1.75. The number of pyridine rings is 2. The van der Waals surface area contributed by atoms with Crippen molar-refractivity contribution in [2.75, 3.05) is 7.11 Å². The van der Waals surface area contributed by atoms with E-state index in [9.17, 15) is 4.79 Å². The van der Waals surface area contributed by atoms with Crippen LogP contribution in [0, 0.1) is 19.8 Å². The van der Waals surface area contributed by atoms with Crippen LogP contribution in [0.15, 0.2) is 29.5 Å². The van der Waals surface area contributed by atoms with Gasteiger partial charge < -0.3 is 9.72 Å². The lowest BCUT2D eigenvalue weighted by Gasteiger charge is -2.29. The van der Waals surface area contributed by atoms with E-state index < -0.39 is 0 Å². The Morgan fingerprint density at radius 3 is 2.77 bits per heavy atom. The molecule has 7 nitrogen and oxygen atoms in total. The molecule has 0 amide bonds. The summed E-state index contributed by atoms with van der Waals surface area (Å²) in [5.74, 6) is 1.29. The summed E-state index contributed by atoms with van der Waals surface area (Å²) in [6.45, 7) is 6.65. The third-order valence-electron chi connectivity index (χ3n) is 6.96. The largest absolute Gasteiger partial charge is 0.496 e. The van der Waals surface area contributed by atoms with Gasteiger partial charge in [0.1, 0.15) is 11.4 Å². The first-order valence-corrected chi connectivity index (χ1v) is 11.1. The first-order chi connectivity index (χ1) is 15.0. The number of H-pyrrole nitrogens is 1. The molecule has 4 aromatic heterocycles. The van der Waals surface area contributed by atoms with E-state index in [1.54, 1.807) is 7.11 Å². The molecular formula is C24H29N5O2. The zero-order chi connectivity index (χ0) is 21.7. The second-order valence-corrected chi connectivity index (χ2v) is 8.85. The second-order valence-electron chi connectivity index (χ2n) is 8.85. The van der Waals surface area contributed by atoms with E-state index in [0.717, 1.165) is 63.9 Å². The number of aromatic nitrogens is 5. The summed E-state index contributed by atoms with van der Waals surface area (Å²) in [6, 6.07) is 2.23. The van der Waals surface area contributed by atoms with Crippen LogP contribution in [-0.2, 0) is 6.54 Å². The van der Waals surface area contributed by atoms with Gasteiger partial charge in [-0.3, -0.25) is 14.1 Å². The first kappa shape index (κ1) is 19.8. The van der Waals surface area contributed by atoms with Crippen molar-refractivity contribution in [2.45, 2.75) is 59.0 Å². The lowest BCUT2D eigenvalue weighted by atomic mass is 9.85. The summed E-state index contributed by atoms with van der Waals surface area (Å²) in [6.07, 6.45) is 10.1. The number of imidazole rings is 1. The Kier molecular flexibility index (Phi) is 4.84. The Labute approximate surface area is 181 Å². The highest BCUT2D eigenvalue weighted by molar-refractivity contribution is 6.01. The van der Waals surface area contributed by atoms with Gasteiger partial charge in [0.2, 0.25) is 0 Å². The molecule has 0 radical (unpaired) electrons. The zero-order valence-corrected chi connectivity index (χ0v) is 18.6. The van der Waals surface area contributed by atoms with Gasteiger partial charge in [-0.25, -0.2) is 9.78 Å². The molecule has 31 heavy (non-hydrogen) atoms. The molecular weight excluding hydrogens is 390 g/mol. The molecule has 5 rings (SSSR count). The van der Waals surface area contributed by atoms with Crippen LogP contribution in [0.25, 0.3) is 22.1 Å². The molecule has 7 heteroatoms. The number of aryl methyl sites for hydroxylation is 1. The van der Waals surface area contributed by atoms with Crippen molar-refractivity contribution in [3.63, 3.8) is 0 Å². The fourth-order valence-corrected chi connectivity index (χ4v) is 5.28. The number of ether oxygens (including phenoxy) is 1. The highest BCUT2D eigenvalue weighted by Crippen LogP contribution is 2.36. The fourth-order valence-electron chi connectivity index (χ4n) is 5.28. The summed E-state index contributed by atoms with van der Waals surface area (Å²) < 4.78 is 9.46. The lowest BCUT2D eigenvalue weighted by Crippen LogP contribution is -2.32. The summed E-state index contributed by atoms with van der Waals surface area (Å²) in [7, 11) is 1.67. The minimum Gasteiger partial charge on any atom is -0.496 e. The predicted octanol–water partition coefficient (Wildman–Crippen LogP) is 4.50. The van der Waals surface area contributed by atoms with Gasteiger partial charge in [-0.15, -0.1) is 0 Å². The normalized spacial score (nSPS) is 19.4. The zero-order valence-electron chi connectivity index (χ0n) is 18.6. The van der Waals surface area contributed by atoms with Crippen LogP contribution in [0.5, 0.6) is 5.75 Å². The highest BCUT2D eigenvalue weighted by atomic mass is 16.5. The molecule has 0 bridgehead atoms. The summed E-state index contributed by atoms with van der Waals surface area (Å²) in [4.78, 5) is 26.3. The van der Waals surface area contributed by atoms with E-state index in [-0.39, 0.29) is 11.7 Å². The van der Waals surface area contributed by atoms with Gasteiger partial charge >= 0.3 is 5.69 Å². The van der Waals surface area contributed by atoms with Crippen molar-refractivity contribution in [2.24, 2.45) is 5.92 Å². The van der Waals surface area contributed by atoms with Crippen LogP contribution in [0.4, 0.5) is 0 Å². The Morgan fingerprint density at radius 2 is 2.00 bits per heavy atom. The molecule has 1 saturated carbocycles. The maximum absolute atomic E-state index is 13.9. The quantitative estimate of drug-likeness (QED) is 0.528. The third-order valence-corrected chi connectivity index (χ3v) is 6.96. The van der Waals surface area contributed by atoms with Gasteiger partial charge in [0.25, 0.3) is 0 Å². The minimum absolute atomic E-state index is 0.0185. The van der Waals surface area contributed by atoms with Gasteiger partial charge in [-0.1, -0.05) is 19.8 Å². The first-order valence-electron chi connectivity index (χ1n) is 11.1. The van der Waals surface area contributed by atoms with Gasteiger partial charge in [0.05, 0.1) is 36.6 Å². The topological polar surface area (TPSA) is 77.7 Å². The van der Waals surface area contributed by atoms with E-state index in [2.05, 4.69) is 21.9 Å². The summed E-state index contributed by atoms with van der Waals surface area (Å²) in [5.41, 5.74) is 5.47. The maximum atomic E-state index is 13.9. The molecule has 4 heterocycles. The Bertz CT molecular complexity index is 1330. The van der Waals surface area contributed by atoms with E-state index >= 15 is 0 Å². The molecule has 0 unspecified atom stereocenters. The molecule has 0 saturated heterocycles. The number of rotatable bonds is 4. The van der Waals surface area contributed by atoms with Crippen LogP contribution in [0.3, 0.4) is 0 Å². The van der Waals surface area contributed by atoms with Crippen molar-refractivity contribution in [1.82, 2.24) is 24.1 Å². The number of aromatic amines is 1. The Hall–Kier alpha value is -3.09. The molecule has 1 N–H and O–H groups in total. The van der Waals surface area contributed by atoms with Crippen molar-refractivity contribution in [3.8, 4) is 5.75 Å². The van der Waals surface area contributed by atoms with Crippen LogP contribution < -0.4 is 10.4 Å². The standard InChI is InChI=1S/C24H29N5O2/c1-14-7-5-6-8-19(14)29-21-17-9-10-25-23(17)27-12-20(21)28(24(29)30)13-18-16(3)22(31-4)15(2)11-26-18/h9-12,14,19H,5-8,13H2,1-4H3,(H,25,27)/t14-,19+/m1/s1. The van der Waals surface area contributed by atoms with Gasteiger partial charge in [0.15, 0.2) is 0 Å². The molecule has 4 aromatic rings. The SMILES string of the molecule is COc1c(C)cnc(Cn2c(=O)n([C@H]3CCCC[C@H]3C)c3c4cc[nH]c4ncc32)c1C. The van der Waals surface area contributed by atoms with Crippen LogP contribution in [-0.4, -0.2) is 31.2 Å². The molecule has 0 aromatic carbocycles. The molecule has 1 fully saturated rings. The smallest absolute Gasteiger partial charge is 0.329 e. The fraction of sp³-hybridized carbons (Fsp3) is 0.458. The molecule has 0 spiro atoms.